The number of alkyl halides is 1. The number of nitrogens with one attached hydrogen (secondary N) is 1. The average molecular weight is 281 g/mol. The van der Waals surface area contributed by atoms with Crippen LogP contribution in [0.3, 0.4) is 0 Å². The second-order valence-electron chi connectivity index (χ2n) is 4.58. The summed E-state index contributed by atoms with van der Waals surface area (Å²) in [5.41, 5.74) is 3.23. The SMILES string of the molecule is Cc1ccc(Nc2nnc(C(C)Cl)o2)cc1N(C)C. The van der Waals surface area contributed by atoms with Crippen LogP contribution in [0.1, 0.15) is 23.8 Å². The lowest BCUT2D eigenvalue weighted by atomic mass is 10.1. The Hall–Kier alpha value is -1.75. The largest absolute Gasteiger partial charge is 0.406 e. The average Bonchev–Trinajstić information content (AvgIpc) is 2.80. The molecule has 0 amide bonds. The number of nitrogens with zero attached hydrogens (tertiary/aromatic N) is 3. The number of anilines is 3. The molecule has 0 spiro atoms. The summed E-state index contributed by atoms with van der Waals surface area (Å²) in [6.45, 7) is 3.86. The Balaban J connectivity index is 2.20. The van der Waals surface area contributed by atoms with Crippen LogP contribution in [0.4, 0.5) is 17.4 Å². The van der Waals surface area contributed by atoms with Gasteiger partial charge in [-0.25, -0.2) is 0 Å². The molecule has 1 N–H and O–H groups in total. The molecule has 1 atom stereocenters. The van der Waals surface area contributed by atoms with Gasteiger partial charge in [-0.15, -0.1) is 16.7 Å². The van der Waals surface area contributed by atoms with Gasteiger partial charge >= 0.3 is 6.01 Å². The van der Waals surface area contributed by atoms with Crippen molar-refractivity contribution in [3.05, 3.63) is 29.7 Å². The number of benzene rings is 1. The molecule has 0 fully saturated rings. The Morgan fingerprint density at radius 1 is 1.32 bits per heavy atom. The van der Waals surface area contributed by atoms with Crippen LogP contribution in [0.15, 0.2) is 22.6 Å². The summed E-state index contributed by atoms with van der Waals surface area (Å²) in [6.07, 6.45) is 0. The van der Waals surface area contributed by atoms with Crippen molar-refractivity contribution >= 4 is 29.0 Å². The summed E-state index contributed by atoms with van der Waals surface area (Å²) in [5, 5.41) is 10.6. The van der Waals surface area contributed by atoms with Gasteiger partial charge < -0.3 is 14.6 Å². The number of halogens is 1. The molecular weight excluding hydrogens is 264 g/mol. The van der Waals surface area contributed by atoms with Crippen molar-refractivity contribution in [2.45, 2.75) is 19.2 Å². The topological polar surface area (TPSA) is 54.2 Å². The van der Waals surface area contributed by atoms with E-state index in [1.807, 2.05) is 32.3 Å². The maximum absolute atomic E-state index is 5.88. The van der Waals surface area contributed by atoms with E-state index in [2.05, 4.69) is 27.3 Å². The molecule has 1 unspecified atom stereocenters. The van der Waals surface area contributed by atoms with E-state index in [-0.39, 0.29) is 5.38 Å². The molecule has 1 aromatic carbocycles. The molecule has 5 nitrogen and oxygen atoms in total. The third-order valence-electron chi connectivity index (χ3n) is 2.72. The number of rotatable bonds is 4. The normalized spacial score (nSPS) is 12.3. The van der Waals surface area contributed by atoms with E-state index < -0.39 is 0 Å². The molecule has 0 aliphatic heterocycles. The van der Waals surface area contributed by atoms with Gasteiger partial charge in [0.05, 0.1) is 0 Å². The molecule has 1 aromatic heterocycles. The molecule has 0 aliphatic rings. The highest BCUT2D eigenvalue weighted by atomic mass is 35.5. The summed E-state index contributed by atoms with van der Waals surface area (Å²) in [5.74, 6) is 0.407. The van der Waals surface area contributed by atoms with E-state index in [9.17, 15) is 0 Å². The number of aryl methyl sites for hydroxylation is 1. The second kappa shape index (κ2) is 5.48. The van der Waals surface area contributed by atoms with Crippen LogP contribution in [0, 0.1) is 6.92 Å². The monoisotopic (exact) mass is 280 g/mol. The zero-order valence-corrected chi connectivity index (χ0v) is 12.2. The third-order valence-corrected chi connectivity index (χ3v) is 2.91. The summed E-state index contributed by atoms with van der Waals surface area (Å²) < 4.78 is 5.40. The van der Waals surface area contributed by atoms with E-state index in [0.717, 1.165) is 11.4 Å². The van der Waals surface area contributed by atoms with Crippen molar-refractivity contribution in [2.24, 2.45) is 0 Å². The lowest BCUT2D eigenvalue weighted by molar-refractivity contribution is 0.510. The van der Waals surface area contributed by atoms with Gasteiger partial charge in [0.1, 0.15) is 5.38 Å². The minimum Gasteiger partial charge on any atom is -0.406 e. The molecule has 2 aromatic rings. The van der Waals surface area contributed by atoms with Crippen molar-refractivity contribution in [3.63, 3.8) is 0 Å². The molecule has 0 aliphatic carbocycles. The maximum atomic E-state index is 5.88. The summed E-state index contributed by atoms with van der Waals surface area (Å²) in [4.78, 5) is 2.06. The first-order valence-corrected chi connectivity index (χ1v) is 6.43. The zero-order valence-electron chi connectivity index (χ0n) is 11.4. The molecular formula is C13H17ClN4O. The fourth-order valence-corrected chi connectivity index (χ4v) is 1.83. The van der Waals surface area contributed by atoms with Crippen LogP contribution in [-0.4, -0.2) is 24.3 Å². The predicted molar refractivity (Wildman–Crippen MR) is 77.4 cm³/mol. The van der Waals surface area contributed by atoms with Crippen molar-refractivity contribution < 1.29 is 4.42 Å². The van der Waals surface area contributed by atoms with Gasteiger partial charge in [-0.05, 0) is 31.5 Å². The highest BCUT2D eigenvalue weighted by Crippen LogP contribution is 2.26. The Morgan fingerprint density at radius 2 is 2.05 bits per heavy atom. The van der Waals surface area contributed by atoms with Gasteiger partial charge in [-0.1, -0.05) is 11.2 Å². The number of hydrogen-bond acceptors (Lipinski definition) is 5. The van der Waals surface area contributed by atoms with Crippen LogP contribution >= 0.6 is 11.6 Å². The summed E-state index contributed by atoms with van der Waals surface area (Å²) in [7, 11) is 4.01. The van der Waals surface area contributed by atoms with Crippen LogP contribution < -0.4 is 10.2 Å². The Bertz CT molecular complexity index is 566. The van der Waals surface area contributed by atoms with Crippen LogP contribution in [0.5, 0.6) is 0 Å². The van der Waals surface area contributed by atoms with E-state index in [0.29, 0.717) is 11.9 Å². The summed E-state index contributed by atoms with van der Waals surface area (Å²) in [6, 6.07) is 6.38. The molecule has 0 saturated carbocycles. The van der Waals surface area contributed by atoms with Gasteiger partial charge in [0, 0.05) is 25.5 Å². The molecule has 2 rings (SSSR count). The first-order chi connectivity index (χ1) is 8.97. The van der Waals surface area contributed by atoms with Crippen molar-refractivity contribution in [1.82, 2.24) is 10.2 Å². The maximum Gasteiger partial charge on any atom is 0.320 e. The Labute approximate surface area is 117 Å². The van der Waals surface area contributed by atoms with Gasteiger partial charge in [-0.3, -0.25) is 0 Å². The highest BCUT2D eigenvalue weighted by molar-refractivity contribution is 6.20. The Kier molecular flexibility index (Phi) is 3.95. The fraction of sp³-hybridized carbons (Fsp3) is 0.385. The highest BCUT2D eigenvalue weighted by Gasteiger charge is 2.11. The summed E-state index contributed by atoms with van der Waals surface area (Å²) >= 11 is 5.88. The van der Waals surface area contributed by atoms with Crippen LogP contribution in [0.25, 0.3) is 0 Å². The smallest absolute Gasteiger partial charge is 0.320 e. The molecule has 19 heavy (non-hydrogen) atoms. The van der Waals surface area contributed by atoms with Crippen molar-refractivity contribution in [1.29, 1.82) is 0 Å². The molecule has 0 bridgehead atoms. The molecule has 1 heterocycles. The van der Waals surface area contributed by atoms with Gasteiger partial charge in [0.15, 0.2) is 0 Å². The fourth-order valence-electron chi connectivity index (χ4n) is 1.74. The molecule has 102 valence electrons. The van der Waals surface area contributed by atoms with Gasteiger partial charge in [0.25, 0.3) is 0 Å². The first-order valence-electron chi connectivity index (χ1n) is 6.00. The lowest BCUT2D eigenvalue weighted by Gasteiger charge is -2.16. The van der Waals surface area contributed by atoms with Gasteiger partial charge in [-0.2, -0.15) is 0 Å². The van der Waals surface area contributed by atoms with E-state index >= 15 is 0 Å². The van der Waals surface area contributed by atoms with Crippen LogP contribution in [0.2, 0.25) is 0 Å². The third kappa shape index (κ3) is 3.17. The standard InChI is InChI=1S/C13H17ClN4O/c1-8-5-6-10(7-11(8)18(3)4)15-13-17-16-12(19-13)9(2)14/h5-7,9H,1-4H3,(H,15,17). The lowest BCUT2D eigenvalue weighted by Crippen LogP contribution is -2.10. The number of hydrogen-bond donors (Lipinski definition) is 1. The van der Waals surface area contributed by atoms with E-state index in [1.54, 1.807) is 6.92 Å². The quantitative estimate of drug-likeness (QED) is 0.869. The van der Waals surface area contributed by atoms with E-state index in [4.69, 9.17) is 16.0 Å². The van der Waals surface area contributed by atoms with Crippen molar-refractivity contribution in [3.8, 4) is 0 Å². The van der Waals surface area contributed by atoms with Gasteiger partial charge in [0.2, 0.25) is 5.89 Å². The first kappa shape index (κ1) is 13.7. The minimum atomic E-state index is -0.293. The Morgan fingerprint density at radius 3 is 2.63 bits per heavy atom. The second-order valence-corrected chi connectivity index (χ2v) is 5.24. The van der Waals surface area contributed by atoms with E-state index in [1.165, 1.54) is 5.56 Å². The minimum absolute atomic E-state index is 0.293. The molecule has 0 radical (unpaired) electrons. The molecule has 6 heteroatoms. The molecule has 0 saturated heterocycles. The van der Waals surface area contributed by atoms with Crippen LogP contribution in [-0.2, 0) is 0 Å². The number of aromatic nitrogens is 2. The zero-order chi connectivity index (χ0) is 14.0. The van der Waals surface area contributed by atoms with Crippen molar-refractivity contribution in [2.75, 3.05) is 24.3 Å². The predicted octanol–water partition coefficient (Wildman–Crippen LogP) is 3.49.